The van der Waals surface area contributed by atoms with Crippen LogP contribution in [-0.2, 0) is 0 Å². The fourth-order valence-corrected chi connectivity index (χ4v) is 0.493. The number of phenols is 2. The maximum absolute atomic E-state index is 8.65. The number of aromatic hydroxyl groups is 2. The molecule has 0 aliphatic heterocycles. The number of phenolic OH excluding ortho intramolecular Hbond substituents is 2. The van der Waals surface area contributed by atoms with Crippen LogP contribution in [0.4, 0.5) is 0 Å². The van der Waals surface area contributed by atoms with Gasteiger partial charge in [0.25, 0.3) is 0 Å². The first-order valence-electron chi connectivity index (χ1n) is 2.27. The van der Waals surface area contributed by atoms with Crippen LogP contribution in [-0.4, -0.2) is 34.6 Å². The SMILES string of the molecule is Oc1cccc(O)c1.[SbH3]. The average Bonchev–Trinajstić information content (AvgIpc) is 1.64. The van der Waals surface area contributed by atoms with Gasteiger partial charge in [0.1, 0.15) is 11.5 Å². The van der Waals surface area contributed by atoms with Gasteiger partial charge in [0.2, 0.25) is 0 Å². The third kappa shape index (κ3) is 2.61. The molecule has 2 nitrogen and oxygen atoms in total. The summed E-state index contributed by atoms with van der Waals surface area (Å²) in [6.45, 7) is 0. The predicted molar refractivity (Wildman–Crippen MR) is 39.7 cm³/mol. The zero-order chi connectivity index (χ0) is 5.98. The van der Waals surface area contributed by atoms with E-state index >= 15 is 0 Å². The molecule has 0 heterocycles. The van der Waals surface area contributed by atoms with Gasteiger partial charge in [0.05, 0.1) is 0 Å². The second-order valence-electron chi connectivity index (χ2n) is 1.52. The number of benzene rings is 1. The van der Waals surface area contributed by atoms with E-state index < -0.39 is 0 Å². The van der Waals surface area contributed by atoms with Gasteiger partial charge in [-0.25, -0.2) is 0 Å². The van der Waals surface area contributed by atoms with Gasteiger partial charge in [-0.2, -0.15) is 0 Å². The summed E-state index contributed by atoms with van der Waals surface area (Å²) in [7, 11) is 0. The van der Waals surface area contributed by atoms with Crippen molar-refractivity contribution in [2.75, 3.05) is 0 Å². The molecule has 2 N–H and O–H groups in total. The Morgan fingerprint density at radius 3 is 1.67 bits per heavy atom. The second kappa shape index (κ2) is 3.62. The Labute approximate surface area is 70.6 Å². The van der Waals surface area contributed by atoms with E-state index in [4.69, 9.17) is 10.2 Å². The van der Waals surface area contributed by atoms with Crippen LogP contribution >= 0.6 is 0 Å². The topological polar surface area (TPSA) is 40.5 Å². The Balaban J connectivity index is 0.000000640. The van der Waals surface area contributed by atoms with Crippen LogP contribution in [0, 0.1) is 0 Å². The van der Waals surface area contributed by atoms with Gasteiger partial charge in [-0.1, -0.05) is 6.07 Å². The summed E-state index contributed by atoms with van der Waals surface area (Å²) in [6.07, 6.45) is 0. The van der Waals surface area contributed by atoms with Crippen molar-refractivity contribution in [2.45, 2.75) is 0 Å². The average molecular weight is 235 g/mol. The molecule has 0 spiro atoms. The third-order valence-corrected chi connectivity index (χ3v) is 0.830. The molecule has 0 saturated heterocycles. The van der Waals surface area contributed by atoms with Crippen molar-refractivity contribution in [3.05, 3.63) is 24.3 Å². The van der Waals surface area contributed by atoms with Crippen molar-refractivity contribution in [3.8, 4) is 11.5 Å². The first kappa shape index (κ1) is 8.64. The molecule has 50 valence electrons. The number of rotatable bonds is 0. The van der Waals surface area contributed by atoms with Crippen LogP contribution < -0.4 is 0 Å². The Hall–Kier alpha value is -0.362. The van der Waals surface area contributed by atoms with Crippen LogP contribution in [0.3, 0.4) is 0 Å². The van der Waals surface area contributed by atoms with E-state index in [1.807, 2.05) is 0 Å². The van der Waals surface area contributed by atoms with Crippen molar-refractivity contribution in [2.24, 2.45) is 0 Å². The molecule has 9 heavy (non-hydrogen) atoms. The van der Waals surface area contributed by atoms with Gasteiger partial charge in [0, 0.05) is 6.07 Å². The first-order valence-corrected chi connectivity index (χ1v) is 2.27. The molecule has 0 bridgehead atoms. The number of hydrogen-bond acceptors (Lipinski definition) is 2. The molecule has 0 atom stereocenters. The standard InChI is InChI=1S/C6H6O2.Sb.3H/c7-5-2-1-3-6(8)4-5;;;;/h1-4,7-8H;;;;. The van der Waals surface area contributed by atoms with Gasteiger partial charge in [-0.3, -0.25) is 0 Å². The quantitative estimate of drug-likeness (QED) is 0.617. The minimum absolute atomic E-state index is 0. The molecular formula is C6H9O2Sb. The molecule has 1 rings (SSSR count). The van der Waals surface area contributed by atoms with Crippen molar-refractivity contribution < 1.29 is 10.2 Å². The molecular weight excluding hydrogens is 226 g/mol. The zero-order valence-corrected chi connectivity index (χ0v) is 8.95. The fraction of sp³-hybridized carbons (Fsp3) is 0. The van der Waals surface area contributed by atoms with E-state index in [2.05, 4.69) is 0 Å². The summed E-state index contributed by atoms with van der Waals surface area (Å²) >= 11 is 0. The minimum atomic E-state index is 0. The van der Waals surface area contributed by atoms with E-state index in [0.29, 0.717) is 0 Å². The Morgan fingerprint density at radius 1 is 1.00 bits per heavy atom. The number of hydrogen-bond donors (Lipinski definition) is 2. The van der Waals surface area contributed by atoms with Crippen LogP contribution in [0.1, 0.15) is 0 Å². The normalized spacial score (nSPS) is 8.00. The molecule has 0 unspecified atom stereocenters. The van der Waals surface area contributed by atoms with Crippen LogP contribution in [0.15, 0.2) is 24.3 Å². The van der Waals surface area contributed by atoms with E-state index in [9.17, 15) is 0 Å². The molecule has 0 fully saturated rings. The summed E-state index contributed by atoms with van der Waals surface area (Å²) in [5.74, 6) is 0.176. The Morgan fingerprint density at radius 2 is 1.44 bits per heavy atom. The van der Waals surface area contributed by atoms with Crippen LogP contribution in [0.25, 0.3) is 0 Å². The van der Waals surface area contributed by atoms with Gasteiger partial charge in [0.15, 0.2) is 0 Å². The van der Waals surface area contributed by atoms with Crippen LogP contribution in [0.2, 0.25) is 0 Å². The third-order valence-electron chi connectivity index (χ3n) is 0.830. The Kier molecular flexibility index (Phi) is 3.48. The summed E-state index contributed by atoms with van der Waals surface area (Å²) in [5.41, 5.74) is 0. The summed E-state index contributed by atoms with van der Waals surface area (Å²) in [5, 5.41) is 17.3. The molecule has 3 heteroatoms. The van der Waals surface area contributed by atoms with E-state index in [1.165, 1.54) is 18.2 Å². The van der Waals surface area contributed by atoms with Gasteiger partial charge < -0.3 is 10.2 Å². The predicted octanol–water partition coefficient (Wildman–Crippen LogP) is -0.0861. The molecule has 0 aliphatic carbocycles. The second-order valence-corrected chi connectivity index (χ2v) is 1.52. The van der Waals surface area contributed by atoms with Crippen molar-refractivity contribution >= 4 is 24.4 Å². The zero-order valence-electron chi connectivity index (χ0n) is 4.91. The first-order chi connectivity index (χ1) is 3.79. The van der Waals surface area contributed by atoms with Gasteiger partial charge in [-0.15, -0.1) is 0 Å². The molecule has 0 radical (unpaired) electrons. The Bertz CT molecular complexity index is 171. The van der Waals surface area contributed by atoms with Crippen molar-refractivity contribution in [1.29, 1.82) is 0 Å². The van der Waals surface area contributed by atoms with E-state index in [-0.39, 0.29) is 35.9 Å². The van der Waals surface area contributed by atoms with Gasteiger partial charge in [-0.05, 0) is 12.1 Å². The van der Waals surface area contributed by atoms with Gasteiger partial charge >= 0.3 is 24.4 Å². The molecule has 1 aromatic rings. The van der Waals surface area contributed by atoms with Crippen molar-refractivity contribution in [1.82, 2.24) is 0 Å². The molecule has 0 aliphatic rings. The molecule has 0 amide bonds. The molecule has 0 aromatic heterocycles. The summed E-state index contributed by atoms with van der Waals surface area (Å²) in [6, 6.07) is 5.85. The monoisotopic (exact) mass is 234 g/mol. The van der Waals surface area contributed by atoms with Crippen molar-refractivity contribution in [3.63, 3.8) is 0 Å². The fourth-order valence-electron chi connectivity index (χ4n) is 0.493. The van der Waals surface area contributed by atoms with E-state index in [0.717, 1.165) is 0 Å². The van der Waals surface area contributed by atoms with E-state index in [1.54, 1.807) is 6.07 Å². The summed E-state index contributed by atoms with van der Waals surface area (Å²) < 4.78 is 0. The molecule has 1 aromatic carbocycles. The molecule has 0 saturated carbocycles. The van der Waals surface area contributed by atoms with Crippen LogP contribution in [0.5, 0.6) is 11.5 Å². The maximum atomic E-state index is 8.65. The summed E-state index contributed by atoms with van der Waals surface area (Å²) in [4.78, 5) is 0.